The van der Waals surface area contributed by atoms with Gasteiger partial charge in [-0.15, -0.1) is 0 Å². The van der Waals surface area contributed by atoms with Crippen LogP contribution in [-0.2, 0) is 16.4 Å². The molecule has 0 amide bonds. The smallest absolute Gasteiger partial charge is 0.247 e. The van der Waals surface area contributed by atoms with Gasteiger partial charge in [-0.25, -0.2) is 12.7 Å². The maximum Gasteiger partial charge on any atom is 0.247 e. The summed E-state index contributed by atoms with van der Waals surface area (Å²) in [7, 11) is -0.934. The quantitative estimate of drug-likeness (QED) is 0.906. The Kier molecular flexibility index (Phi) is 3.83. The summed E-state index contributed by atoms with van der Waals surface area (Å²) in [5, 5.41) is 9.89. The van der Waals surface area contributed by atoms with E-state index in [1.807, 2.05) is 6.92 Å². The third-order valence-electron chi connectivity index (χ3n) is 2.29. The molecule has 1 rings (SSSR count). The van der Waals surface area contributed by atoms with E-state index in [-0.39, 0.29) is 15.7 Å². The molecule has 1 aromatic rings. The van der Waals surface area contributed by atoms with Crippen molar-refractivity contribution in [3.63, 3.8) is 0 Å². The van der Waals surface area contributed by atoms with Crippen LogP contribution < -0.4 is 0 Å². The Bertz CT molecular complexity index is 497. The molecule has 6 heteroatoms. The van der Waals surface area contributed by atoms with Crippen molar-refractivity contribution in [3.05, 3.63) is 22.7 Å². The molecule has 16 heavy (non-hydrogen) atoms. The maximum absolute atomic E-state index is 11.9. The van der Waals surface area contributed by atoms with Gasteiger partial charge < -0.3 is 5.11 Å². The molecule has 0 saturated heterocycles. The summed E-state index contributed by atoms with van der Waals surface area (Å²) in [5.41, 5.74) is 0.560. The second-order valence-corrected chi connectivity index (χ2v) is 6.02. The van der Waals surface area contributed by atoms with Crippen molar-refractivity contribution in [3.8, 4) is 5.75 Å². The number of halogens is 1. The molecule has 0 atom stereocenters. The Morgan fingerprint density at radius 1 is 1.38 bits per heavy atom. The van der Waals surface area contributed by atoms with Crippen molar-refractivity contribution < 1.29 is 13.5 Å². The van der Waals surface area contributed by atoms with Crippen LogP contribution in [0.2, 0.25) is 5.02 Å². The SMILES string of the molecule is CCc1ccc(Cl)c(S(=O)(=O)N(C)C)c1O. The highest BCUT2D eigenvalue weighted by atomic mass is 35.5. The largest absolute Gasteiger partial charge is 0.506 e. The number of phenols is 1. The van der Waals surface area contributed by atoms with E-state index in [4.69, 9.17) is 11.6 Å². The number of aryl methyl sites for hydroxylation is 1. The van der Waals surface area contributed by atoms with E-state index >= 15 is 0 Å². The molecular formula is C10H14ClNO3S. The van der Waals surface area contributed by atoms with E-state index in [1.54, 1.807) is 6.07 Å². The molecule has 0 heterocycles. The third-order valence-corrected chi connectivity index (χ3v) is 4.60. The third kappa shape index (κ3) is 2.16. The number of nitrogens with zero attached hydrogens (tertiary/aromatic N) is 1. The number of sulfonamides is 1. The fourth-order valence-corrected chi connectivity index (χ4v) is 2.80. The topological polar surface area (TPSA) is 57.6 Å². The highest BCUT2D eigenvalue weighted by Crippen LogP contribution is 2.35. The highest BCUT2D eigenvalue weighted by molar-refractivity contribution is 7.89. The zero-order chi connectivity index (χ0) is 12.5. The number of phenolic OH excluding ortho intramolecular Hbond substituents is 1. The molecule has 0 fully saturated rings. The van der Waals surface area contributed by atoms with Crippen LogP contribution in [-0.4, -0.2) is 31.9 Å². The summed E-state index contributed by atoms with van der Waals surface area (Å²) in [4.78, 5) is -0.224. The number of rotatable bonds is 3. The van der Waals surface area contributed by atoms with Gasteiger partial charge in [-0.2, -0.15) is 0 Å². The molecule has 0 radical (unpaired) electrons. The Morgan fingerprint density at radius 2 is 1.94 bits per heavy atom. The predicted octanol–water partition coefficient (Wildman–Crippen LogP) is 1.86. The lowest BCUT2D eigenvalue weighted by Gasteiger charge is -2.15. The van der Waals surface area contributed by atoms with Crippen molar-refractivity contribution in [2.75, 3.05) is 14.1 Å². The van der Waals surface area contributed by atoms with Gasteiger partial charge in [0.1, 0.15) is 10.6 Å². The first-order valence-electron chi connectivity index (χ1n) is 4.75. The van der Waals surface area contributed by atoms with Gasteiger partial charge >= 0.3 is 0 Å². The molecule has 1 N–H and O–H groups in total. The molecule has 0 spiro atoms. The van der Waals surface area contributed by atoms with Crippen LogP contribution in [0.3, 0.4) is 0 Å². The van der Waals surface area contributed by atoms with Gasteiger partial charge in [-0.3, -0.25) is 0 Å². The van der Waals surface area contributed by atoms with Gasteiger partial charge in [-0.05, 0) is 18.1 Å². The summed E-state index contributed by atoms with van der Waals surface area (Å²) in [6, 6.07) is 3.10. The van der Waals surface area contributed by atoms with Crippen molar-refractivity contribution in [2.24, 2.45) is 0 Å². The standard InChI is InChI=1S/C10H14ClNO3S/c1-4-7-5-6-8(11)10(9(7)13)16(14,15)12(2)3/h5-6,13H,4H2,1-3H3. The number of benzene rings is 1. The Morgan fingerprint density at radius 3 is 2.38 bits per heavy atom. The lowest BCUT2D eigenvalue weighted by Crippen LogP contribution is -2.22. The van der Waals surface area contributed by atoms with Crippen LogP contribution in [0.1, 0.15) is 12.5 Å². The summed E-state index contributed by atoms with van der Waals surface area (Å²) in [6.07, 6.45) is 0.541. The lowest BCUT2D eigenvalue weighted by atomic mass is 10.1. The molecule has 0 unspecified atom stereocenters. The van der Waals surface area contributed by atoms with E-state index in [1.165, 1.54) is 20.2 Å². The molecule has 1 aromatic carbocycles. The minimum Gasteiger partial charge on any atom is -0.506 e. The highest BCUT2D eigenvalue weighted by Gasteiger charge is 2.26. The Balaban J connectivity index is 3.56. The van der Waals surface area contributed by atoms with Crippen LogP contribution in [0.15, 0.2) is 17.0 Å². The average molecular weight is 264 g/mol. The van der Waals surface area contributed by atoms with E-state index in [0.717, 1.165) is 4.31 Å². The predicted molar refractivity (Wildman–Crippen MR) is 63.4 cm³/mol. The van der Waals surface area contributed by atoms with Crippen LogP contribution in [0.5, 0.6) is 5.75 Å². The van der Waals surface area contributed by atoms with E-state index in [0.29, 0.717) is 12.0 Å². The normalized spacial score (nSPS) is 12.1. The van der Waals surface area contributed by atoms with Gasteiger partial charge in [-0.1, -0.05) is 24.6 Å². The fourth-order valence-electron chi connectivity index (χ4n) is 1.30. The molecule has 4 nitrogen and oxygen atoms in total. The minimum absolute atomic E-state index is 0.0309. The van der Waals surface area contributed by atoms with Gasteiger partial charge in [0, 0.05) is 14.1 Å². The van der Waals surface area contributed by atoms with Crippen LogP contribution in [0.4, 0.5) is 0 Å². The summed E-state index contributed by atoms with van der Waals surface area (Å²) >= 11 is 5.82. The first-order chi connectivity index (χ1) is 7.32. The first-order valence-corrected chi connectivity index (χ1v) is 6.57. The Labute approximate surface area is 101 Å². The maximum atomic E-state index is 11.9. The molecule has 0 bridgehead atoms. The molecule has 0 aliphatic carbocycles. The van der Waals surface area contributed by atoms with Crippen LogP contribution in [0, 0.1) is 0 Å². The molecule has 0 aromatic heterocycles. The Hall–Kier alpha value is -0.780. The second-order valence-electron chi connectivity index (χ2n) is 3.53. The second kappa shape index (κ2) is 4.61. The van der Waals surface area contributed by atoms with Crippen molar-refractivity contribution in [1.82, 2.24) is 4.31 Å². The zero-order valence-corrected chi connectivity index (χ0v) is 10.9. The van der Waals surface area contributed by atoms with Crippen LogP contribution >= 0.6 is 11.6 Å². The average Bonchev–Trinajstić information content (AvgIpc) is 2.17. The van der Waals surface area contributed by atoms with Gasteiger partial charge in [0.25, 0.3) is 0 Å². The van der Waals surface area contributed by atoms with Gasteiger partial charge in [0.15, 0.2) is 0 Å². The fraction of sp³-hybridized carbons (Fsp3) is 0.400. The molecule has 90 valence electrons. The van der Waals surface area contributed by atoms with Crippen molar-refractivity contribution >= 4 is 21.6 Å². The van der Waals surface area contributed by atoms with Crippen molar-refractivity contribution in [1.29, 1.82) is 0 Å². The first kappa shape index (κ1) is 13.3. The number of hydrogen-bond acceptors (Lipinski definition) is 3. The summed E-state index contributed by atoms with van der Waals surface area (Å²) in [6.45, 7) is 1.83. The van der Waals surface area contributed by atoms with Gasteiger partial charge in [0.05, 0.1) is 5.02 Å². The summed E-state index contributed by atoms with van der Waals surface area (Å²) < 4.78 is 24.9. The van der Waals surface area contributed by atoms with Crippen molar-refractivity contribution in [2.45, 2.75) is 18.2 Å². The van der Waals surface area contributed by atoms with Crippen LogP contribution in [0.25, 0.3) is 0 Å². The molecular weight excluding hydrogens is 250 g/mol. The molecule has 0 saturated carbocycles. The summed E-state index contributed by atoms with van der Waals surface area (Å²) in [5.74, 6) is -0.260. The number of aromatic hydroxyl groups is 1. The molecule has 0 aliphatic rings. The van der Waals surface area contributed by atoms with E-state index in [9.17, 15) is 13.5 Å². The number of hydrogen-bond donors (Lipinski definition) is 1. The van der Waals surface area contributed by atoms with E-state index < -0.39 is 10.0 Å². The zero-order valence-electron chi connectivity index (χ0n) is 9.36. The van der Waals surface area contributed by atoms with Gasteiger partial charge in [0.2, 0.25) is 10.0 Å². The lowest BCUT2D eigenvalue weighted by molar-refractivity contribution is 0.446. The molecule has 0 aliphatic heterocycles. The minimum atomic E-state index is -3.72. The van der Waals surface area contributed by atoms with E-state index in [2.05, 4.69) is 0 Å². The monoisotopic (exact) mass is 263 g/mol.